The van der Waals surface area contributed by atoms with Crippen LogP contribution >= 0.6 is 0 Å². The summed E-state index contributed by atoms with van der Waals surface area (Å²) in [6.07, 6.45) is -0.572. The molecule has 6 heteroatoms. The number of hydrogen-bond donors (Lipinski definition) is 2. The van der Waals surface area contributed by atoms with Crippen LogP contribution in [0.2, 0.25) is 0 Å². The van der Waals surface area contributed by atoms with Crippen molar-refractivity contribution in [3.05, 3.63) is 59.7 Å². The first-order chi connectivity index (χ1) is 14.2. The number of aliphatic hydroxyl groups excluding tert-OH is 1. The molecular formula is C23H32N2O4. The number of rotatable bonds is 10. The van der Waals surface area contributed by atoms with Crippen molar-refractivity contribution in [1.29, 1.82) is 0 Å². The summed E-state index contributed by atoms with van der Waals surface area (Å²) in [6, 6.07) is 16.3. The molecule has 0 saturated carbocycles. The van der Waals surface area contributed by atoms with E-state index in [2.05, 4.69) is 22.3 Å². The van der Waals surface area contributed by atoms with Crippen LogP contribution in [0, 0.1) is 6.92 Å². The second-order valence-electron chi connectivity index (χ2n) is 7.37. The van der Waals surface area contributed by atoms with E-state index in [1.165, 1.54) is 11.1 Å². The Morgan fingerprint density at radius 3 is 2.31 bits per heavy atom. The Morgan fingerprint density at radius 1 is 1.00 bits per heavy atom. The second kappa shape index (κ2) is 11.2. The molecule has 1 fully saturated rings. The van der Waals surface area contributed by atoms with Gasteiger partial charge in [-0.25, -0.2) is 0 Å². The van der Waals surface area contributed by atoms with Gasteiger partial charge < -0.3 is 24.6 Å². The third-order valence-electron chi connectivity index (χ3n) is 5.17. The van der Waals surface area contributed by atoms with Crippen molar-refractivity contribution in [3.63, 3.8) is 0 Å². The average molecular weight is 401 g/mol. The number of benzene rings is 2. The van der Waals surface area contributed by atoms with Crippen LogP contribution in [0.3, 0.4) is 0 Å². The van der Waals surface area contributed by atoms with Gasteiger partial charge in [0.1, 0.15) is 24.2 Å². The highest BCUT2D eigenvalue weighted by Crippen LogP contribution is 2.23. The average Bonchev–Trinajstić information content (AvgIpc) is 2.77. The lowest BCUT2D eigenvalue weighted by Gasteiger charge is -2.35. The van der Waals surface area contributed by atoms with E-state index in [0.29, 0.717) is 6.54 Å². The Hall–Kier alpha value is -2.12. The van der Waals surface area contributed by atoms with Crippen molar-refractivity contribution in [2.45, 2.75) is 19.1 Å². The molecule has 158 valence electrons. The molecule has 2 aromatic rings. The lowest BCUT2D eigenvalue weighted by atomic mass is 10.0. The van der Waals surface area contributed by atoms with E-state index in [4.69, 9.17) is 14.2 Å². The van der Waals surface area contributed by atoms with Gasteiger partial charge >= 0.3 is 0 Å². The highest BCUT2D eigenvalue weighted by atomic mass is 16.5. The summed E-state index contributed by atoms with van der Waals surface area (Å²) in [7, 11) is 1.68. The van der Waals surface area contributed by atoms with Gasteiger partial charge in [0, 0.05) is 32.2 Å². The number of aryl methyl sites for hydroxylation is 1. The molecule has 0 unspecified atom stereocenters. The van der Waals surface area contributed by atoms with Gasteiger partial charge in [0.2, 0.25) is 0 Å². The van der Waals surface area contributed by atoms with Crippen molar-refractivity contribution in [2.75, 3.05) is 53.1 Å². The number of aliphatic hydroxyl groups is 1. The zero-order chi connectivity index (χ0) is 20.5. The van der Waals surface area contributed by atoms with Gasteiger partial charge in [-0.1, -0.05) is 29.8 Å². The third kappa shape index (κ3) is 6.72. The molecule has 2 atom stereocenters. The smallest absolute Gasteiger partial charge is 0.119 e. The van der Waals surface area contributed by atoms with Crippen LogP contribution in [-0.4, -0.2) is 69.2 Å². The highest BCUT2D eigenvalue weighted by molar-refractivity contribution is 5.29. The van der Waals surface area contributed by atoms with Crippen molar-refractivity contribution >= 4 is 0 Å². The van der Waals surface area contributed by atoms with Crippen molar-refractivity contribution in [2.24, 2.45) is 0 Å². The summed E-state index contributed by atoms with van der Waals surface area (Å²) in [5.41, 5.74) is 2.41. The summed E-state index contributed by atoms with van der Waals surface area (Å²) in [5, 5.41) is 13.7. The van der Waals surface area contributed by atoms with Gasteiger partial charge in [0.05, 0.1) is 20.3 Å². The van der Waals surface area contributed by atoms with Crippen LogP contribution in [0.25, 0.3) is 0 Å². The van der Waals surface area contributed by atoms with Crippen LogP contribution < -0.4 is 14.8 Å². The molecule has 3 rings (SSSR count). The quantitative estimate of drug-likeness (QED) is 0.639. The zero-order valence-electron chi connectivity index (χ0n) is 17.3. The van der Waals surface area contributed by atoms with Crippen LogP contribution in [0.15, 0.2) is 48.5 Å². The van der Waals surface area contributed by atoms with Gasteiger partial charge in [0.15, 0.2) is 0 Å². The van der Waals surface area contributed by atoms with Crippen LogP contribution in [0.5, 0.6) is 11.5 Å². The zero-order valence-corrected chi connectivity index (χ0v) is 17.3. The van der Waals surface area contributed by atoms with Crippen LogP contribution in [0.1, 0.15) is 17.2 Å². The number of methoxy groups -OCH3 is 1. The molecule has 1 aliphatic rings. The number of nitrogens with zero attached hydrogens (tertiary/aromatic N) is 1. The van der Waals surface area contributed by atoms with Gasteiger partial charge in [-0.2, -0.15) is 0 Å². The molecule has 1 aliphatic heterocycles. The molecule has 1 heterocycles. The van der Waals surface area contributed by atoms with Crippen LogP contribution in [0.4, 0.5) is 0 Å². The molecule has 0 spiro atoms. The minimum atomic E-state index is -0.572. The van der Waals surface area contributed by atoms with Crippen molar-refractivity contribution in [1.82, 2.24) is 10.2 Å². The molecule has 1 saturated heterocycles. The largest absolute Gasteiger partial charge is 0.497 e. The third-order valence-corrected chi connectivity index (χ3v) is 5.17. The van der Waals surface area contributed by atoms with Crippen molar-refractivity contribution < 1.29 is 19.3 Å². The molecule has 0 radical (unpaired) electrons. The van der Waals surface area contributed by atoms with E-state index in [1.807, 2.05) is 43.3 Å². The van der Waals surface area contributed by atoms with Crippen LogP contribution in [-0.2, 0) is 4.74 Å². The highest BCUT2D eigenvalue weighted by Gasteiger charge is 2.22. The first-order valence-electron chi connectivity index (χ1n) is 10.2. The fourth-order valence-corrected chi connectivity index (χ4v) is 3.45. The summed E-state index contributed by atoms with van der Waals surface area (Å²) in [5.74, 6) is 1.63. The fourth-order valence-electron chi connectivity index (χ4n) is 3.45. The topological polar surface area (TPSA) is 63.2 Å². The maximum absolute atomic E-state index is 10.3. The molecule has 0 bridgehead atoms. The normalized spacial score (nSPS) is 16.9. The maximum Gasteiger partial charge on any atom is 0.119 e. The molecule has 0 aromatic heterocycles. The lowest BCUT2D eigenvalue weighted by Crippen LogP contribution is -2.44. The Kier molecular flexibility index (Phi) is 8.31. The second-order valence-corrected chi connectivity index (χ2v) is 7.37. The number of hydrogen-bond acceptors (Lipinski definition) is 6. The van der Waals surface area contributed by atoms with E-state index in [0.717, 1.165) is 44.3 Å². The minimum absolute atomic E-state index is 0.218. The van der Waals surface area contributed by atoms with E-state index >= 15 is 0 Å². The summed E-state index contributed by atoms with van der Waals surface area (Å²) in [6.45, 7) is 6.82. The van der Waals surface area contributed by atoms with Gasteiger partial charge in [0.25, 0.3) is 0 Å². The Bertz CT molecular complexity index is 715. The number of morpholine rings is 1. The Labute approximate surface area is 173 Å². The molecule has 29 heavy (non-hydrogen) atoms. The Morgan fingerprint density at radius 2 is 1.66 bits per heavy atom. The standard InChI is InChI=1S/C23H32N2O4/c1-18-3-7-22(8-4-18)29-17-20(26)15-24-16-23(25-11-13-28-14-12-25)19-5-9-21(27-2)10-6-19/h3-10,20,23-24,26H,11-17H2,1-2H3/t20-,23+/m1/s1. The minimum Gasteiger partial charge on any atom is -0.497 e. The monoisotopic (exact) mass is 400 g/mol. The molecule has 2 N–H and O–H groups in total. The van der Waals surface area contributed by atoms with Gasteiger partial charge in [-0.15, -0.1) is 0 Å². The Balaban J connectivity index is 1.51. The molecule has 6 nitrogen and oxygen atoms in total. The predicted molar refractivity (Wildman–Crippen MR) is 114 cm³/mol. The molecule has 2 aromatic carbocycles. The van der Waals surface area contributed by atoms with E-state index in [1.54, 1.807) is 7.11 Å². The maximum atomic E-state index is 10.3. The summed E-state index contributed by atoms with van der Waals surface area (Å²) in [4.78, 5) is 2.42. The number of nitrogens with one attached hydrogen (secondary N) is 1. The lowest BCUT2D eigenvalue weighted by molar-refractivity contribution is 0.0151. The first kappa shape index (κ1) is 21.6. The first-order valence-corrected chi connectivity index (χ1v) is 10.2. The summed E-state index contributed by atoms with van der Waals surface area (Å²) < 4.78 is 16.5. The van der Waals surface area contributed by atoms with Gasteiger partial charge in [-0.3, -0.25) is 4.90 Å². The molecule has 0 amide bonds. The van der Waals surface area contributed by atoms with Crippen molar-refractivity contribution in [3.8, 4) is 11.5 Å². The van der Waals surface area contributed by atoms with E-state index in [9.17, 15) is 5.11 Å². The molecular weight excluding hydrogens is 368 g/mol. The van der Waals surface area contributed by atoms with Gasteiger partial charge in [-0.05, 0) is 36.8 Å². The van der Waals surface area contributed by atoms with E-state index in [-0.39, 0.29) is 12.6 Å². The number of ether oxygens (including phenoxy) is 3. The SMILES string of the molecule is COc1ccc([C@H](CNC[C@@H](O)COc2ccc(C)cc2)N2CCOCC2)cc1. The summed E-state index contributed by atoms with van der Waals surface area (Å²) >= 11 is 0. The van der Waals surface area contributed by atoms with E-state index < -0.39 is 6.10 Å². The molecule has 0 aliphatic carbocycles. The predicted octanol–water partition coefficient (Wildman–Crippen LogP) is 2.41. The fraction of sp³-hybridized carbons (Fsp3) is 0.478.